The number of thioether (sulfide) groups is 1. The van der Waals surface area contributed by atoms with Crippen molar-refractivity contribution < 1.29 is 9.59 Å². The van der Waals surface area contributed by atoms with E-state index in [9.17, 15) is 9.59 Å². The maximum atomic E-state index is 12.3. The van der Waals surface area contributed by atoms with E-state index in [1.54, 1.807) is 48.0 Å². The molecule has 0 saturated carbocycles. The van der Waals surface area contributed by atoms with Crippen molar-refractivity contribution in [2.45, 2.75) is 11.6 Å². The van der Waals surface area contributed by atoms with Crippen LogP contribution in [-0.4, -0.2) is 32.3 Å². The first-order chi connectivity index (χ1) is 14.7. The van der Waals surface area contributed by atoms with E-state index in [1.807, 2.05) is 0 Å². The molecule has 2 aromatic carbocycles. The summed E-state index contributed by atoms with van der Waals surface area (Å²) in [5, 5.41) is 15.3. The van der Waals surface area contributed by atoms with Gasteiger partial charge in [0.25, 0.3) is 0 Å². The Hall–Kier alpha value is -1.97. The fourth-order valence-electron chi connectivity index (χ4n) is 2.46. The van der Waals surface area contributed by atoms with E-state index in [1.165, 1.54) is 11.8 Å². The van der Waals surface area contributed by atoms with Crippen LogP contribution >= 0.6 is 58.2 Å². The molecule has 7 nitrogen and oxygen atoms in total. The van der Waals surface area contributed by atoms with Gasteiger partial charge in [0.1, 0.15) is 5.82 Å². The van der Waals surface area contributed by atoms with Crippen molar-refractivity contribution in [3.63, 3.8) is 0 Å². The molecule has 0 saturated heterocycles. The van der Waals surface area contributed by atoms with Crippen LogP contribution in [0.15, 0.2) is 41.6 Å². The molecule has 0 unspecified atom stereocenters. The van der Waals surface area contributed by atoms with Gasteiger partial charge in [-0.15, -0.1) is 10.2 Å². The third-order valence-electron chi connectivity index (χ3n) is 4.01. The standard InChI is InChI=1S/C19H15Cl4N5O2S/c1-28-15(8-16(29)25-14-4-2-3-12(21)18(14)23)26-27-19(28)31-9-17(30)24-10-5-6-11(20)13(22)7-10/h2-7H,8-9H2,1H3,(H,24,30)(H,25,29). The molecule has 1 heterocycles. The highest BCUT2D eigenvalue weighted by molar-refractivity contribution is 7.99. The van der Waals surface area contributed by atoms with Crippen LogP contribution in [0.25, 0.3) is 0 Å². The second-order valence-electron chi connectivity index (χ2n) is 6.25. The third-order valence-corrected chi connectivity index (χ3v) is 6.58. The number of hydrogen-bond donors (Lipinski definition) is 2. The van der Waals surface area contributed by atoms with Gasteiger partial charge in [-0.05, 0) is 30.3 Å². The van der Waals surface area contributed by atoms with Crippen LogP contribution in [0, 0.1) is 0 Å². The predicted molar refractivity (Wildman–Crippen MR) is 126 cm³/mol. The molecule has 0 spiro atoms. The van der Waals surface area contributed by atoms with Gasteiger partial charge in [0, 0.05) is 12.7 Å². The lowest BCUT2D eigenvalue weighted by Gasteiger charge is -2.08. The summed E-state index contributed by atoms with van der Waals surface area (Å²) >= 11 is 25.0. The van der Waals surface area contributed by atoms with Gasteiger partial charge in [-0.1, -0.05) is 64.2 Å². The Balaban J connectivity index is 1.55. The fourth-order valence-corrected chi connectivity index (χ4v) is 3.84. The molecule has 31 heavy (non-hydrogen) atoms. The molecule has 0 fully saturated rings. The Morgan fingerprint density at radius 1 is 0.968 bits per heavy atom. The molecule has 162 valence electrons. The number of nitrogens with one attached hydrogen (secondary N) is 2. The summed E-state index contributed by atoms with van der Waals surface area (Å²) in [6.07, 6.45) is -0.0254. The second kappa shape index (κ2) is 10.6. The van der Waals surface area contributed by atoms with E-state index in [2.05, 4.69) is 20.8 Å². The zero-order chi connectivity index (χ0) is 22.5. The Bertz CT molecular complexity index is 1140. The van der Waals surface area contributed by atoms with Crippen molar-refractivity contribution >= 4 is 81.4 Å². The van der Waals surface area contributed by atoms with Gasteiger partial charge in [0.2, 0.25) is 11.8 Å². The molecule has 0 atom stereocenters. The topological polar surface area (TPSA) is 88.9 Å². The molecule has 2 amide bonds. The van der Waals surface area contributed by atoms with Gasteiger partial charge in [-0.25, -0.2) is 0 Å². The predicted octanol–water partition coefficient (Wildman–Crippen LogP) is 5.34. The molecule has 12 heteroatoms. The first-order valence-electron chi connectivity index (χ1n) is 8.74. The number of benzene rings is 2. The summed E-state index contributed by atoms with van der Waals surface area (Å²) in [4.78, 5) is 24.5. The lowest BCUT2D eigenvalue weighted by Crippen LogP contribution is -2.17. The van der Waals surface area contributed by atoms with E-state index in [-0.39, 0.29) is 29.0 Å². The molecule has 0 bridgehead atoms. The Morgan fingerprint density at radius 3 is 2.48 bits per heavy atom. The summed E-state index contributed by atoms with van der Waals surface area (Å²) in [5.41, 5.74) is 0.949. The van der Waals surface area contributed by atoms with Crippen molar-refractivity contribution in [1.82, 2.24) is 14.8 Å². The molecule has 3 rings (SSSR count). The summed E-state index contributed by atoms with van der Waals surface area (Å²) in [6.45, 7) is 0. The minimum absolute atomic E-state index is 0.0254. The average Bonchev–Trinajstić information content (AvgIpc) is 3.06. The number of hydrogen-bond acceptors (Lipinski definition) is 5. The Morgan fingerprint density at radius 2 is 1.74 bits per heavy atom. The number of anilines is 2. The van der Waals surface area contributed by atoms with E-state index in [0.29, 0.717) is 37.4 Å². The number of nitrogens with zero attached hydrogens (tertiary/aromatic N) is 3. The maximum absolute atomic E-state index is 12.3. The monoisotopic (exact) mass is 517 g/mol. The number of halogens is 4. The molecule has 0 aliphatic heterocycles. The highest BCUT2D eigenvalue weighted by Crippen LogP contribution is 2.29. The number of amides is 2. The van der Waals surface area contributed by atoms with Crippen molar-refractivity contribution in [2.75, 3.05) is 16.4 Å². The van der Waals surface area contributed by atoms with E-state index in [0.717, 1.165) is 0 Å². The fraction of sp³-hybridized carbons (Fsp3) is 0.158. The maximum Gasteiger partial charge on any atom is 0.234 e. The molecule has 1 aromatic heterocycles. The molecule has 3 aromatic rings. The van der Waals surface area contributed by atoms with Gasteiger partial charge in [-0.3, -0.25) is 9.59 Å². The van der Waals surface area contributed by atoms with Crippen LogP contribution in [0.5, 0.6) is 0 Å². The highest BCUT2D eigenvalue weighted by Gasteiger charge is 2.16. The molecule has 0 aliphatic carbocycles. The molecule has 2 N–H and O–H groups in total. The van der Waals surface area contributed by atoms with Crippen molar-refractivity contribution in [1.29, 1.82) is 0 Å². The van der Waals surface area contributed by atoms with Gasteiger partial charge in [0.05, 0.1) is 38.0 Å². The van der Waals surface area contributed by atoms with Gasteiger partial charge in [0.15, 0.2) is 5.16 Å². The summed E-state index contributed by atoms with van der Waals surface area (Å²) in [7, 11) is 1.72. The van der Waals surface area contributed by atoms with Crippen molar-refractivity contribution in [2.24, 2.45) is 7.05 Å². The number of carbonyl (C=O) groups excluding carboxylic acids is 2. The lowest BCUT2D eigenvalue weighted by atomic mass is 10.3. The van der Waals surface area contributed by atoms with Gasteiger partial charge in [-0.2, -0.15) is 0 Å². The molecular weight excluding hydrogens is 504 g/mol. The van der Waals surface area contributed by atoms with Crippen molar-refractivity contribution in [3.05, 3.63) is 62.3 Å². The van der Waals surface area contributed by atoms with Crippen LogP contribution in [-0.2, 0) is 23.1 Å². The van der Waals surface area contributed by atoms with E-state index < -0.39 is 0 Å². The SMILES string of the molecule is Cn1c(CC(=O)Nc2cccc(Cl)c2Cl)nnc1SCC(=O)Nc1ccc(Cl)c(Cl)c1. The normalized spacial score (nSPS) is 10.7. The van der Waals surface area contributed by atoms with Crippen LogP contribution in [0.1, 0.15) is 5.82 Å². The largest absolute Gasteiger partial charge is 0.325 e. The number of carbonyl (C=O) groups is 2. The number of aromatic nitrogens is 3. The van der Waals surface area contributed by atoms with Crippen molar-refractivity contribution in [3.8, 4) is 0 Å². The summed E-state index contributed by atoms with van der Waals surface area (Å²) in [6, 6.07) is 9.78. The summed E-state index contributed by atoms with van der Waals surface area (Å²) in [5.74, 6) is -0.0470. The first kappa shape index (κ1) is 23.7. The number of rotatable bonds is 7. The third kappa shape index (κ3) is 6.27. The van der Waals surface area contributed by atoms with Crippen LogP contribution in [0.4, 0.5) is 11.4 Å². The molecule has 0 aliphatic rings. The zero-order valence-electron chi connectivity index (χ0n) is 16.0. The van der Waals surface area contributed by atoms with E-state index in [4.69, 9.17) is 46.4 Å². The highest BCUT2D eigenvalue weighted by atomic mass is 35.5. The minimum atomic E-state index is -0.325. The molecular formula is C19H15Cl4N5O2S. The zero-order valence-corrected chi connectivity index (χ0v) is 19.8. The van der Waals surface area contributed by atoms with Gasteiger partial charge < -0.3 is 15.2 Å². The molecule has 0 radical (unpaired) electrons. The van der Waals surface area contributed by atoms with Gasteiger partial charge >= 0.3 is 0 Å². The second-order valence-corrected chi connectivity index (χ2v) is 8.79. The Kier molecular flexibility index (Phi) is 8.07. The van der Waals surface area contributed by atoms with E-state index >= 15 is 0 Å². The average molecular weight is 519 g/mol. The Labute approximate surface area is 202 Å². The summed E-state index contributed by atoms with van der Waals surface area (Å²) < 4.78 is 1.65. The van der Waals surface area contributed by atoms with Crippen LogP contribution in [0.3, 0.4) is 0 Å². The minimum Gasteiger partial charge on any atom is -0.325 e. The lowest BCUT2D eigenvalue weighted by molar-refractivity contribution is -0.116. The van der Waals surface area contributed by atoms with Crippen LogP contribution < -0.4 is 10.6 Å². The smallest absolute Gasteiger partial charge is 0.234 e. The van der Waals surface area contributed by atoms with Crippen LogP contribution in [0.2, 0.25) is 20.1 Å². The quantitative estimate of drug-likeness (QED) is 0.412. The first-order valence-corrected chi connectivity index (χ1v) is 11.2.